The van der Waals surface area contributed by atoms with Gasteiger partial charge in [-0.3, -0.25) is 9.59 Å². The van der Waals surface area contributed by atoms with Crippen LogP contribution in [0.3, 0.4) is 0 Å². The highest BCUT2D eigenvalue weighted by Crippen LogP contribution is 2.18. The van der Waals surface area contributed by atoms with E-state index in [1.807, 2.05) is 0 Å². The van der Waals surface area contributed by atoms with E-state index >= 15 is 0 Å². The van der Waals surface area contributed by atoms with E-state index in [2.05, 4.69) is 5.32 Å². The van der Waals surface area contributed by atoms with Crippen LogP contribution in [0.1, 0.15) is 38.3 Å². The van der Waals surface area contributed by atoms with Gasteiger partial charge in [0.05, 0.1) is 11.8 Å². The van der Waals surface area contributed by atoms with Gasteiger partial charge in [0, 0.05) is 0 Å². The molecule has 0 saturated carbocycles. The zero-order valence-electron chi connectivity index (χ0n) is 22.0. The molecular formula is C28H34N2O9. The van der Waals surface area contributed by atoms with Crippen LogP contribution in [0.25, 0.3) is 0 Å². The molecule has 0 fully saturated rings. The van der Waals surface area contributed by atoms with Crippen LogP contribution in [0.15, 0.2) is 60.7 Å². The van der Waals surface area contributed by atoms with Crippen molar-refractivity contribution in [2.75, 3.05) is 0 Å². The maximum Gasteiger partial charge on any atom is 0.408 e. The van der Waals surface area contributed by atoms with Crippen molar-refractivity contribution in [2.24, 2.45) is 17.6 Å². The van der Waals surface area contributed by atoms with Gasteiger partial charge in [0.2, 0.25) is 0 Å². The first-order valence-corrected chi connectivity index (χ1v) is 12.3. The number of alkyl carbamates (subject to hydrolysis) is 1. The van der Waals surface area contributed by atoms with E-state index in [-0.39, 0.29) is 12.8 Å². The number of carbonyl (C=O) groups excluding carboxylic acids is 3. The number of carboxylic acids is 2. The van der Waals surface area contributed by atoms with Gasteiger partial charge in [-0.05, 0) is 51.2 Å². The minimum absolute atomic E-state index is 0.0293. The van der Waals surface area contributed by atoms with Crippen LogP contribution in [0, 0.1) is 11.8 Å². The fraction of sp³-hybridized carbons (Fsp3) is 0.393. The summed E-state index contributed by atoms with van der Waals surface area (Å²) in [7, 11) is 0. The Morgan fingerprint density at radius 2 is 1.33 bits per heavy atom. The quantitative estimate of drug-likeness (QED) is 0.230. The second kappa shape index (κ2) is 14.1. The second-order valence-electron chi connectivity index (χ2n) is 10.1. The predicted octanol–water partition coefficient (Wildman–Crippen LogP) is 2.55. The molecule has 0 bridgehead atoms. The number of carbonyl (C=O) groups is 5. The first-order chi connectivity index (χ1) is 18.3. The Balaban J connectivity index is 2.22. The van der Waals surface area contributed by atoms with Crippen LogP contribution in [-0.2, 0) is 41.5 Å². The van der Waals surface area contributed by atoms with Gasteiger partial charge >= 0.3 is 30.0 Å². The summed E-state index contributed by atoms with van der Waals surface area (Å²) >= 11 is 0. The van der Waals surface area contributed by atoms with Gasteiger partial charge < -0.3 is 30.7 Å². The van der Waals surface area contributed by atoms with Gasteiger partial charge in [-0.15, -0.1) is 0 Å². The molecule has 0 heterocycles. The molecule has 0 aromatic heterocycles. The van der Waals surface area contributed by atoms with E-state index < -0.39 is 65.9 Å². The molecule has 11 nitrogen and oxygen atoms in total. The van der Waals surface area contributed by atoms with Gasteiger partial charge in [-0.2, -0.15) is 0 Å². The molecule has 2 aromatic rings. The third-order valence-corrected chi connectivity index (χ3v) is 5.69. The lowest BCUT2D eigenvalue weighted by Crippen LogP contribution is -2.49. The van der Waals surface area contributed by atoms with E-state index in [1.165, 1.54) is 0 Å². The van der Waals surface area contributed by atoms with Crippen molar-refractivity contribution in [1.82, 2.24) is 5.32 Å². The lowest BCUT2D eigenvalue weighted by molar-refractivity contribution is -0.165. The molecule has 4 atom stereocenters. The predicted molar refractivity (Wildman–Crippen MR) is 139 cm³/mol. The summed E-state index contributed by atoms with van der Waals surface area (Å²) in [6.07, 6.45) is -1.53. The fourth-order valence-corrected chi connectivity index (χ4v) is 3.76. The van der Waals surface area contributed by atoms with Crippen LogP contribution in [0.5, 0.6) is 0 Å². The second-order valence-corrected chi connectivity index (χ2v) is 10.1. The zero-order chi connectivity index (χ0) is 29.2. The largest absolute Gasteiger partial charge is 0.481 e. The summed E-state index contributed by atoms with van der Waals surface area (Å²) in [6.45, 7) is 4.78. The highest BCUT2D eigenvalue weighted by Gasteiger charge is 2.37. The van der Waals surface area contributed by atoms with E-state index in [1.54, 1.807) is 81.4 Å². The molecule has 0 aliphatic carbocycles. The Hall–Kier alpha value is -4.25. The highest BCUT2D eigenvalue weighted by molar-refractivity contribution is 5.94. The van der Waals surface area contributed by atoms with Crippen molar-refractivity contribution in [1.29, 1.82) is 0 Å². The summed E-state index contributed by atoms with van der Waals surface area (Å²) in [5, 5.41) is 21.7. The first-order valence-electron chi connectivity index (χ1n) is 12.3. The molecule has 0 aliphatic rings. The first kappa shape index (κ1) is 31.0. The Morgan fingerprint density at radius 1 is 0.821 bits per heavy atom. The van der Waals surface area contributed by atoms with Crippen LogP contribution in [0.4, 0.5) is 4.79 Å². The molecule has 11 heteroatoms. The Bertz CT molecular complexity index is 1150. The number of hydrogen-bond donors (Lipinski definition) is 4. The summed E-state index contributed by atoms with van der Waals surface area (Å²) in [4.78, 5) is 62.0. The number of carboxylic acid groups (broad SMARTS) is 2. The fourth-order valence-electron chi connectivity index (χ4n) is 3.76. The van der Waals surface area contributed by atoms with E-state index in [0.717, 1.165) is 0 Å². The number of rotatable bonds is 12. The minimum Gasteiger partial charge on any atom is -0.481 e. The average Bonchev–Trinajstić information content (AvgIpc) is 2.85. The molecule has 0 spiro atoms. The zero-order valence-corrected chi connectivity index (χ0v) is 22.0. The summed E-state index contributed by atoms with van der Waals surface area (Å²) in [6, 6.07) is 13.8. The molecule has 5 N–H and O–H groups in total. The van der Waals surface area contributed by atoms with E-state index in [9.17, 15) is 34.2 Å². The van der Waals surface area contributed by atoms with Crippen LogP contribution in [-0.4, -0.2) is 57.9 Å². The standard InChI is InChI=1S/C28H34N2O9/c1-28(2,3)39-27(37)30-21(16-19(23(31)32)14-17-10-6-4-7-11-17)25(35)38-26(36)22(29)20(24(33)34)15-18-12-8-5-9-13-18/h4-13,19-22H,14-16,29H2,1-3H3,(H,30,37)(H,31,32)(H,33,34)/t19?,20?,21-,22-/m0/s1. The molecule has 2 rings (SSSR count). The molecule has 0 aliphatic heterocycles. The molecule has 210 valence electrons. The molecule has 2 aromatic carbocycles. The van der Waals surface area contributed by atoms with Crippen LogP contribution in [0.2, 0.25) is 0 Å². The van der Waals surface area contributed by atoms with Gasteiger partial charge in [0.1, 0.15) is 17.7 Å². The van der Waals surface area contributed by atoms with Crippen molar-refractivity contribution in [3.63, 3.8) is 0 Å². The number of esters is 2. The van der Waals surface area contributed by atoms with E-state index in [4.69, 9.17) is 15.2 Å². The van der Waals surface area contributed by atoms with Gasteiger partial charge in [0.15, 0.2) is 0 Å². The Labute approximate surface area is 226 Å². The number of amides is 1. The van der Waals surface area contributed by atoms with Gasteiger partial charge in [-0.25, -0.2) is 14.4 Å². The lowest BCUT2D eigenvalue weighted by Gasteiger charge is -2.25. The van der Waals surface area contributed by atoms with Crippen molar-refractivity contribution >= 4 is 30.0 Å². The monoisotopic (exact) mass is 542 g/mol. The van der Waals surface area contributed by atoms with E-state index in [0.29, 0.717) is 11.1 Å². The maximum atomic E-state index is 13.0. The normalized spacial score (nSPS) is 14.3. The summed E-state index contributed by atoms with van der Waals surface area (Å²) < 4.78 is 10.1. The average molecular weight is 543 g/mol. The molecule has 0 radical (unpaired) electrons. The Morgan fingerprint density at radius 3 is 1.79 bits per heavy atom. The third-order valence-electron chi connectivity index (χ3n) is 5.69. The number of nitrogens with one attached hydrogen (secondary N) is 1. The minimum atomic E-state index is -1.71. The Kier molecular flexibility index (Phi) is 11.2. The molecular weight excluding hydrogens is 508 g/mol. The maximum absolute atomic E-state index is 13.0. The number of nitrogens with two attached hydrogens (primary N) is 1. The number of aliphatic carboxylic acids is 2. The van der Waals surface area contributed by atoms with Crippen molar-refractivity contribution in [2.45, 2.75) is 57.7 Å². The molecule has 39 heavy (non-hydrogen) atoms. The number of ether oxygens (including phenoxy) is 2. The molecule has 1 amide bonds. The molecule has 2 unspecified atom stereocenters. The van der Waals surface area contributed by atoms with Crippen molar-refractivity contribution < 1.29 is 43.7 Å². The van der Waals surface area contributed by atoms with Crippen LogP contribution >= 0.6 is 0 Å². The third kappa shape index (κ3) is 10.6. The lowest BCUT2D eigenvalue weighted by atomic mass is 9.92. The van der Waals surface area contributed by atoms with Crippen molar-refractivity contribution in [3.05, 3.63) is 71.8 Å². The molecule has 0 saturated heterocycles. The van der Waals surface area contributed by atoms with Crippen molar-refractivity contribution in [3.8, 4) is 0 Å². The SMILES string of the molecule is CC(C)(C)OC(=O)N[C@@H](CC(Cc1ccccc1)C(=O)O)C(=O)OC(=O)[C@@H](N)C(Cc1ccccc1)C(=O)O. The number of benzene rings is 2. The smallest absolute Gasteiger partial charge is 0.408 e. The number of hydrogen-bond acceptors (Lipinski definition) is 8. The van der Waals surface area contributed by atoms with Crippen LogP contribution < -0.4 is 11.1 Å². The summed E-state index contributed by atoms with van der Waals surface area (Å²) in [5.74, 6) is -7.77. The summed E-state index contributed by atoms with van der Waals surface area (Å²) in [5.41, 5.74) is 6.23. The van der Waals surface area contributed by atoms with Gasteiger partial charge in [0.25, 0.3) is 0 Å². The topological polar surface area (TPSA) is 182 Å². The van der Waals surface area contributed by atoms with Gasteiger partial charge in [-0.1, -0.05) is 60.7 Å². The highest BCUT2D eigenvalue weighted by atomic mass is 16.6.